The molecule has 14 heteroatoms. The summed E-state index contributed by atoms with van der Waals surface area (Å²) in [7, 11) is 0. The van der Waals surface area contributed by atoms with Gasteiger partial charge in [-0.2, -0.15) is 13.2 Å². The number of hydrogen-bond donors (Lipinski definition) is 2. The first-order valence-corrected chi connectivity index (χ1v) is 13.6. The molecule has 2 N–H and O–H groups in total. The van der Waals surface area contributed by atoms with E-state index in [1.54, 1.807) is 10.6 Å². The molecule has 0 spiro atoms. The number of halogens is 6. The fraction of sp³-hybridized carbons (Fsp3) is 0.185. The van der Waals surface area contributed by atoms with Gasteiger partial charge in [-0.05, 0) is 61.4 Å². The first kappa shape index (κ1) is 30.4. The standard InChI is InChI=1S/C27H21Cl2F4N5O2S/c1-14-5-3-8-21(15(14)2)38-22(12-34-25(40)24-18(29)6-4-7-19(24)30)36-37-26(38)41-13-23(39)35-20-11-16(27(31,32)33)9-10-17(20)28/h3-11H,12-13H2,1-2H3,(H,34,40)(H,35,39). The predicted molar refractivity (Wildman–Crippen MR) is 149 cm³/mol. The van der Waals surface area contributed by atoms with Crippen LogP contribution in [0.2, 0.25) is 10.0 Å². The Bertz CT molecular complexity index is 1610. The maximum Gasteiger partial charge on any atom is 0.416 e. The normalized spacial score (nSPS) is 11.4. The molecule has 0 fully saturated rings. The number of carbonyl (C=O) groups excluding carboxylic acids is 2. The van der Waals surface area contributed by atoms with E-state index < -0.39 is 29.4 Å². The van der Waals surface area contributed by atoms with E-state index in [-0.39, 0.29) is 44.6 Å². The van der Waals surface area contributed by atoms with Crippen LogP contribution in [-0.2, 0) is 17.5 Å². The van der Waals surface area contributed by atoms with Crippen molar-refractivity contribution < 1.29 is 27.2 Å². The van der Waals surface area contributed by atoms with Gasteiger partial charge in [0.2, 0.25) is 5.91 Å². The second-order valence-corrected chi connectivity index (χ2v) is 10.5. The Morgan fingerprint density at radius 2 is 1.73 bits per heavy atom. The topological polar surface area (TPSA) is 88.9 Å². The Hall–Kier alpha value is -3.61. The van der Waals surface area contributed by atoms with Gasteiger partial charge in [-0.15, -0.1) is 10.2 Å². The molecule has 2 amide bonds. The molecule has 0 bridgehead atoms. The zero-order valence-corrected chi connectivity index (χ0v) is 23.8. The summed E-state index contributed by atoms with van der Waals surface area (Å²) >= 11 is 13.0. The minimum Gasteiger partial charge on any atom is -0.345 e. The predicted octanol–water partition coefficient (Wildman–Crippen LogP) is 7.01. The van der Waals surface area contributed by atoms with Crippen LogP contribution in [0.15, 0.2) is 59.8 Å². The number of aromatic nitrogens is 3. The van der Waals surface area contributed by atoms with Crippen molar-refractivity contribution in [2.45, 2.75) is 31.7 Å². The summed E-state index contributed by atoms with van der Waals surface area (Å²) in [4.78, 5) is 25.4. The molecule has 1 heterocycles. The highest BCUT2D eigenvalue weighted by molar-refractivity contribution is 7.99. The number of amides is 2. The maximum atomic E-state index is 14.2. The van der Waals surface area contributed by atoms with E-state index in [0.717, 1.165) is 47.2 Å². The molecule has 7 nitrogen and oxygen atoms in total. The number of nitrogens with one attached hydrogen (secondary N) is 2. The van der Waals surface area contributed by atoms with Crippen LogP contribution in [0, 0.1) is 19.7 Å². The van der Waals surface area contributed by atoms with E-state index in [4.69, 9.17) is 23.2 Å². The third kappa shape index (κ3) is 7.00. The highest BCUT2D eigenvalue weighted by Gasteiger charge is 2.31. The molecule has 0 unspecified atom stereocenters. The Kier molecular flexibility index (Phi) is 9.25. The monoisotopic (exact) mass is 625 g/mol. The van der Waals surface area contributed by atoms with Crippen LogP contribution in [0.4, 0.5) is 23.2 Å². The average molecular weight is 626 g/mol. The Balaban J connectivity index is 1.57. The van der Waals surface area contributed by atoms with E-state index in [0.29, 0.717) is 5.69 Å². The summed E-state index contributed by atoms with van der Waals surface area (Å²) in [6.07, 6.45) is -4.61. The summed E-state index contributed by atoms with van der Waals surface area (Å²) in [5.74, 6) is -2.13. The van der Waals surface area contributed by atoms with E-state index in [2.05, 4.69) is 20.8 Å². The molecule has 0 atom stereocenters. The minimum atomic E-state index is -4.61. The van der Waals surface area contributed by atoms with E-state index in [9.17, 15) is 27.2 Å². The number of alkyl halides is 3. The average Bonchev–Trinajstić information content (AvgIpc) is 3.31. The lowest BCUT2D eigenvalue weighted by Crippen LogP contribution is -2.26. The van der Waals surface area contributed by atoms with Gasteiger partial charge in [0, 0.05) is 0 Å². The largest absolute Gasteiger partial charge is 0.416 e. The molecular weight excluding hydrogens is 605 g/mol. The van der Waals surface area contributed by atoms with E-state index in [1.165, 1.54) is 12.1 Å². The molecule has 41 heavy (non-hydrogen) atoms. The number of aryl methyl sites for hydroxylation is 1. The van der Waals surface area contributed by atoms with Crippen molar-refractivity contribution in [3.8, 4) is 5.69 Å². The number of thioether (sulfide) groups is 1. The fourth-order valence-electron chi connectivity index (χ4n) is 3.80. The molecule has 0 aliphatic carbocycles. The molecule has 0 aliphatic heterocycles. The SMILES string of the molecule is Cc1cccc(-n2c(CNC(=O)c3c(F)cccc3Cl)nnc2SCC(=O)Nc2cc(C(F)(F)F)ccc2Cl)c1C. The quantitative estimate of drug-likeness (QED) is 0.162. The van der Waals surface area contributed by atoms with Gasteiger partial charge in [0.05, 0.1) is 44.8 Å². The third-order valence-corrected chi connectivity index (χ3v) is 7.59. The summed E-state index contributed by atoms with van der Waals surface area (Å²) in [5, 5.41) is 13.5. The summed E-state index contributed by atoms with van der Waals surface area (Å²) in [5.41, 5.74) is 1.05. The lowest BCUT2D eigenvalue weighted by Gasteiger charge is -2.15. The fourth-order valence-corrected chi connectivity index (χ4v) is 4.98. The van der Waals surface area contributed by atoms with Crippen molar-refractivity contribution in [1.29, 1.82) is 0 Å². The zero-order valence-electron chi connectivity index (χ0n) is 21.4. The van der Waals surface area contributed by atoms with Crippen LogP contribution in [-0.4, -0.2) is 32.3 Å². The van der Waals surface area contributed by atoms with Crippen LogP contribution in [0.5, 0.6) is 0 Å². The van der Waals surface area contributed by atoms with Crippen molar-refractivity contribution in [1.82, 2.24) is 20.1 Å². The van der Waals surface area contributed by atoms with Crippen molar-refractivity contribution in [3.05, 3.63) is 98.5 Å². The van der Waals surface area contributed by atoms with Gasteiger partial charge in [-0.25, -0.2) is 4.39 Å². The third-order valence-electron chi connectivity index (χ3n) is 6.01. The molecule has 3 aromatic carbocycles. The lowest BCUT2D eigenvalue weighted by molar-refractivity contribution is -0.137. The zero-order chi connectivity index (χ0) is 29.9. The van der Waals surface area contributed by atoms with Crippen molar-refractivity contribution in [2.24, 2.45) is 0 Å². The van der Waals surface area contributed by atoms with Crippen LogP contribution in [0.1, 0.15) is 32.9 Å². The van der Waals surface area contributed by atoms with Gasteiger partial charge in [0.15, 0.2) is 11.0 Å². The second-order valence-electron chi connectivity index (χ2n) is 8.76. The highest BCUT2D eigenvalue weighted by atomic mass is 35.5. The summed E-state index contributed by atoms with van der Waals surface area (Å²) in [6, 6.07) is 12.0. The molecule has 0 radical (unpaired) electrons. The first-order chi connectivity index (χ1) is 19.4. The van der Waals surface area contributed by atoms with Crippen LogP contribution < -0.4 is 10.6 Å². The molecule has 1 aromatic heterocycles. The second kappa shape index (κ2) is 12.5. The van der Waals surface area contributed by atoms with Gasteiger partial charge >= 0.3 is 6.18 Å². The van der Waals surface area contributed by atoms with Crippen LogP contribution >= 0.6 is 35.0 Å². The minimum absolute atomic E-state index is 0.0529. The van der Waals surface area contributed by atoms with Gasteiger partial charge in [-0.3, -0.25) is 14.2 Å². The van der Waals surface area contributed by atoms with Gasteiger partial charge in [0.1, 0.15) is 5.82 Å². The molecule has 4 aromatic rings. The van der Waals surface area contributed by atoms with Gasteiger partial charge in [0.25, 0.3) is 5.91 Å². The summed E-state index contributed by atoms with van der Waals surface area (Å²) in [6.45, 7) is 3.63. The number of carbonyl (C=O) groups is 2. The number of nitrogens with zero attached hydrogens (tertiary/aromatic N) is 3. The molecule has 0 aliphatic rings. The Morgan fingerprint density at radius 1 is 1.00 bits per heavy atom. The van der Waals surface area contributed by atoms with Crippen LogP contribution in [0.25, 0.3) is 5.69 Å². The van der Waals surface area contributed by atoms with Gasteiger partial charge < -0.3 is 10.6 Å². The van der Waals surface area contributed by atoms with Crippen molar-refractivity contribution in [2.75, 3.05) is 11.1 Å². The smallest absolute Gasteiger partial charge is 0.345 e. The Labute approximate surface area is 246 Å². The molecular formula is C27H21Cl2F4N5O2S. The van der Waals surface area contributed by atoms with E-state index in [1.807, 2.05) is 26.0 Å². The molecule has 0 saturated carbocycles. The first-order valence-electron chi connectivity index (χ1n) is 11.9. The number of rotatable bonds is 8. The Morgan fingerprint density at radius 3 is 2.44 bits per heavy atom. The number of hydrogen-bond acceptors (Lipinski definition) is 5. The van der Waals surface area contributed by atoms with E-state index >= 15 is 0 Å². The molecule has 214 valence electrons. The molecule has 0 saturated heterocycles. The number of benzene rings is 3. The van der Waals surface area contributed by atoms with Crippen molar-refractivity contribution >= 4 is 52.5 Å². The molecule has 4 rings (SSSR count). The lowest BCUT2D eigenvalue weighted by atomic mass is 10.1. The number of anilines is 1. The van der Waals surface area contributed by atoms with Crippen molar-refractivity contribution in [3.63, 3.8) is 0 Å². The summed E-state index contributed by atoms with van der Waals surface area (Å²) < 4.78 is 55.2. The maximum absolute atomic E-state index is 14.2. The van der Waals surface area contributed by atoms with Gasteiger partial charge in [-0.1, -0.05) is 53.2 Å². The highest BCUT2D eigenvalue weighted by Crippen LogP contribution is 2.34. The van der Waals surface area contributed by atoms with Crippen LogP contribution in [0.3, 0.4) is 0 Å².